The van der Waals surface area contributed by atoms with Crippen molar-refractivity contribution < 1.29 is 14.5 Å². The molecule has 1 aliphatic heterocycles. The quantitative estimate of drug-likeness (QED) is 0.681. The molecule has 1 aliphatic rings. The molecule has 126 valence electrons. The van der Waals surface area contributed by atoms with Crippen LogP contribution in [0.3, 0.4) is 0 Å². The van der Waals surface area contributed by atoms with Crippen molar-refractivity contribution in [3.63, 3.8) is 0 Å². The minimum atomic E-state index is -0.405. The number of benzene rings is 1. The average molecular weight is 321 g/mol. The molecule has 0 spiro atoms. The number of amides is 1. The number of likely N-dealkylation sites (tertiary alicyclic amines) is 1. The van der Waals surface area contributed by atoms with Gasteiger partial charge < -0.3 is 10.1 Å². The zero-order chi connectivity index (χ0) is 17.0. The summed E-state index contributed by atoms with van der Waals surface area (Å²) in [5.74, 6) is 0. The molecule has 1 atom stereocenters. The summed E-state index contributed by atoms with van der Waals surface area (Å²) in [5, 5.41) is 13.4. The first-order chi connectivity index (χ1) is 10.7. The van der Waals surface area contributed by atoms with Crippen molar-refractivity contribution in [3.8, 4) is 0 Å². The zero-order valence-electron chi connectivity index (χ0n) is 13.7. The summed E-state index contributed by atoms with van der Waals surface area (Å²) in [6.07, 6.45) is 0.292. The lowest BCUT2D eigenvalue weighted by atomic mass is 10.1. The van der Waals surface area contributed by atoms with E-state index in [2.05, 4.69) is 10.2 Å². The minimum absolute atomic E-state index is 0.0928. The van der Waals surface area contributed by atoms with E-state index >= 15 is 0 Å². The van der Waals surface area contributed by atoms with Crippen molar-refractivity contribution in [2.45, 2.75) is 45.4 Å². The normalized spacial score (nSPS) is 18.7. The third-order valence-electron chi connectivity index (χ3n) is 3.53. The standard InChI is InChI=1S/C16H23N3O4/c1-16(2,3)17-15(20)23-14-8-9-18(11-14)10-12-4-6-13(7-5-12)19(21)22/h4-7,14H,8-11H2,1-3H3,(H,17,20). The van der Waals surface area contributed by atoms with Crippen LogP contribution in [-0.4, -0.2) is 40.6 Å². The van der Waals surface area contributed by atoms with Crippen LogP contribution >= 0.6 is 0 Å². The molecule has 1 aromatic rings. The number of nitro groups is 1. The molecule has 0 saturated carbocycles. The maximum absolute atomic E-state index is 11.8. The summed E-state index contributed by atoms with van der Waals surface area (Å²) in [7, 11) is 0. The first kappa shape index (κ1) is 17.2. The summed E-state index contributed by atoms with van der Waals surface area (Å²) >= 11 is 0. The molecule has 0 aromatic heterocycles. The molecule has 1 heterocycles. The smallest absolute Gasteiger partial charge is 0.407 e. The van der Waals surface area contributed by atoms with Crippen molar-refractivity contribution in [2.75, 3.05) is 13.1 Å². The van der Waals surface area contributed by atoms with Crippen molar-refractivity contribution in [2.24, 2.45) is 0 Å². The van der Waals surface area contributed by atoms with Crippen LogP contribution in [0.4, 0.5) is 10.5 Å². The highest BCUT2D eigenvalue weighted by atomic mass is 16.6. The van der Waals surface area contributed by atoms with Gasteiger partial charge in [-0.2, -0.15) is 0 Å². The van der Waals surface area contributed by atoms with Crippen LogP contribution in [0.2, 0.25) is 0 Å². The number of alkyl carbamates (subject to hydrolysis) is 1. The van der Waals surface area contributed by atoms with E-state index in [1.165, 1.54) is 12.1 Å². The van der Waals surface area contributed by atoms with Crippen LogP contribution in [0.5, 0.6) is 0 Å². The highest BCUT2D eigenvalue weighted by Gasteiger charge is 2.26. The Kier molecular flexibility index (Phi) is 5.20. The van der Waals surface area contributed by atoms with E-state index < -0.39 is 4.92 Å². The fourth-order valence-corrected chi connectivity index (χ4v) is 2.51. The van der Waals surface area contributed by atoms with Crippen LogP contribution in [0, 0.1) is 10.1 Å². The molecule has 7 nitrogen and oxygen atoms in total. The molecule has 1 N–H and O–H groups in total. The van der Waals surface area contributed by atoms with Gasteiger partial charge in [-0.15, -0.1) is 0 Å². The SMILES string of the molecule is CC(C)(C)NC(=O)OC1CCN(Cc2ccc([N+](=O)[O-])cc2)C1. The van der Waals surface area contributed by atoms with E-state index in [1.54, 1.807) is 12.1 Å². The zero-order valence-corrected chi connectivity index (χ0v) is 13.7. The molecule has 2 rings (SSSR count). The lowest BCUT2D eigenvalue weighted by Crippen LogP contribution is -2.42. The van der Waals surface area contributed by atoms with Crippen LogP contribution in [0.25, 0.3) is 0 Å². The van der Waals surface area contributed by atoms with Crippen LogP contribution in [0.15, 0.2) is 24.3 Å². The maximum atomic E-state index is 11.8. The fraction of sp³-hybridized carbons (Fsp3) is 0.562. The number of non-ortho nitro benzene ring substituents is 1. The summed E-state index contributed by atoms with van der Waals surface area (Å²) in [4.78, 5) is 24.2. The van der Waals surface area contributed by atoms with Gasteiger partial charge in [-0.05, 0) is 32.8 Å². The minimum Gasteiger partial charge on any atom is -0.445 e. The number of carbonyl (C=O) groups is 1. The number of hydrogen-bond donors (Lipinski definition) is 1. The predicted octanol–water partition coefficient (Wildman–Crippen LogP) is 2.69. The highest BCUT2D eigenvalue weighted by molar-refractivity contribution is 5.68. The van der Waals surface area contributed by atoms with Gasteiger partial charge in [0.1, 0.15) is 6.10 Å². The summed E-state index contributed by atoms with van der Waals surface area (Å²) in [6, 6.07) is 6.55. The Labute approximate surface area is 135 Å². The average Bonchev–Trinajstić information content (AvgIpc) is 2.84. The van der Waals surface area contributed by atoms with Crippen molar-refractivity contribution >= 4 is 11.8 Å². The largest absolute Gasteiger partial charge is 0.445 e. The number of nitrogens with zero attached hydrogens (tertiary/aromatic N) is 2. The monoisotopic (exact) mass is 321 g/mol. The van der Waals surface area contributed by atoms with E-state index in [0.717, 1.165) is 18.5 Å². The van der Waals surface area contributed by atoms with Crippen molar-refractivity contribution in [3.05, 3.63) is 39.9 Å². The third-order valence-corrected chi connectivity index (χ3v) is 3.53. The second-order valence-electron chi connectivity index (χ2n) is 6.85. The molecule has 0 aliphatic carbocycles. The molecular weight excluding hydrogens is 298 g/mol. The van der Waals surface area contributed by atoms with Gasteiger partial charge >= 0.3 is 6.09 Å². The summed E-state index contributed by atoms with van der Waals surface area (Å²) < 4.78 is 5.42. The van der Waals surface area contributed by atoms with Crippen LogP contribution in [0.1, 0.15) is 32.8 Å². The molecule has 1 amide bonds. The Hall–Kier alpha value is -2.15. The number of nitro benzene ring substituents is 1. The van der Waals surface area contributed by atoms with Gasteiger partial charge in [-0.1, -0.05) is 12.1 Å². The molecule has 1 aromatic carbocycles. The number of nitrogens with one attached hydrogen (secondary N) is 1. The van der Waals surface area contributed by atoms with Crippen molar-refractivity contribution in [1.29, 1.82) is 0 Å². The van der Waals surface area contributed by atoms with Crippen LogP contribution < -0.4 is 5.32 Å². The van der Waals surface area contributed by atoms with E-state index in [4.69, 9.17) is 4.74 Å². The van der Waals surface area contributed by atoms with E-state index in [1.807, 2.05) is 20.8 Å². The van der Waals surface area contributed by atoms with E-state index in [-0.39, 0.29) is 23.4 Å². The summed E-state index contributed by atoms with van der Waals surface area (Å²) in [5.41, 5.74) is 0.791. The van der Waals surface area contributed by atoms with Gasteiger partial charge in [-0.3, -0.25) is 15.0 Å². The first-order valence-electron chi connectivity index (χ1n) is 7.67. The van der Waals surface area contributed by atoms with Crippen LogP contribution in [-0.2, 0) is 11.3 Å². The number of rotatable bonds is 4. The van der Waals surface area contributed by atoms with E-state index in [9.17, 15) is 14.9 Å². The second kappa shape index (κ2) is 6.95. The Morgan fingerprint density at radius 2 is 2.04 bits per heavy atom. The van der Waals surface area contributed by atoms with Gasteiger partial charge in [0.2, 0.25) is 0 Å². The molecule has 1 saturated heterocycles. The van der Waals surface area contributed by atoms with E-state index in [0.29, 0.717) is 13.1 Å². The summed E-state index contributed by atoms with van der Waals surface area (Å²) in [6.45, 7) is 7.93. The Balaban J connectivity index is 1.81. The van der Waals surface area contributed by atoms with Gasteiger partial charge in [0, 0.05) is 37.3 Å². The van der Waals surface area contributed by atoms with Gasteiger partial charge in [0.15, 0.2) is 0 Å². The third kappa shape index (κ3) is 5.52. The number of ether oxygens (including phenoxy) is 1. The highest BCUT2D eigenvalue weighted by Crippen LogP contribution is 2.18. The van der Waals surface area contributed by atoms with Gasteiger partial charge in [-0.25, -0.2) is 4.79 Å². The maximum Gasteiger partial charge on any atom is 0.407 e. The number of carbonyl (C=O) groups excluding carboxylic acids is 1. The lowest BCUT2D eigenvalue weighted by Gasteiger charge is -2.22. The second-order valence-corrected chi connectivity index (χ2v) is 6.85. The Bertz CT molecular complexity index is 566. The molecule has 23 heavy (non-hydrogen) atoms. The molecule has 1 unspecified atom stereocenters. The predicted molar refractivity (Wildman–Crippen MR) is 86.1 cm³/mol. The topological polar surface area (TPSA) is 84.7 Å². The van der Waals surface area contributed by atoms with Gasteiger partial charge in [0.25, 0.3) is 5.69 Å². The number of hydrogen-bond acceptors (Lipinski definition) is 5. The molecule has 1 fully saturated rings. The first-order valence-corrected chi connectivity index (χ1v) is 7.67. The van der Waals surface area contributed by atoms with Gasteiger partial charge in [0.05, 0.1) is 4.92 Å². The molecule has 0 radical (unpaired) electrons. The molecular formula is C16H23N3O4. The molecule has 7 heteroatoms. The molecule has 0 bridgehead atoms. The lowest BCUT2D eigenvalue weighted by molar-refractivity contribution is -0.384. The Morgan fingerprint density at radius 1 is 1.39 bits per heavy atom. The fourth-order valence-electron chi connectivity index (χ4n) is 2.51. The Morgan fingerprint density at radius 3 is 2.61 bits per heavy atom. The van der Waals surface area contributed by atoms with Crippen molar-refractivity contribution in [1.82, 2.24) is 10.2 Å².